The van der Waals surface area contributed by atoms with Gasteiger partial charge >= 0.3 is 12.1 Å². The summed E-state index contributed by atoms with van der Waals surface area (Å²) in [5.74, 6) is -4.29. The van der Waals surface area contributed by atoms with Gasteiger partial charge in [0.1, 0.15) is 41.8 Å². The van der Waals surface area contributed by atoms with Gasteiger partial charge in [0.25, 0.3) is 5.91 Å². The number of aromatic nitrogens is 2. The molecule has 2 heterocycles. The number of halogens is 4. The number of ether oxygens (including phenoxy) is 4. The van der Waals surface area contributed by atoms with Gasteiger partial charge in [0, 0.05) is 62.8 Å². The summed E-state index contributed by atoms with van der Waals surface area (Å²) in [5, 5.41) is 0. The second-order valence-corrected chi connectivity index (χ2v) is 14.5. The molecule has 0 saturated carbocycles. The molecular formula is C42H46F4N4O7. The summed E-state index contributed by atoms with van der Waals surface area (Å²) < 4.78 is 83.6. The molecule has 0 aliphatic carbocycles. The van der Waals surface area contributed by atoms with Crippen LogP contribution in [0, 0.1) is 28.8 Å². The Balaban J connectivity index is 1.60. The number of rotatable bonds is 16. The van der Waals surface area contributed by atoms with Gasteiger partial charge in [0.2, 0.25) is 0 Å². The van der Waals surface area contributed by atoms with Crippen molar-refractivity contribution in [3.05, 3.63) is 120 Å². The van der Waals surface area contributed by atoms with Crippen molar-refractivity contribution < 1.29 is 50.9 Å². The van der Waals surface area contributed by atoms with E-state index in [1.54, 1.807) is 54.8 Å². The third kappa shape index (κ3) is 10.6. The lowest BCUT2D eigenvalue weighted by molar-refractivity contribution is -0.160. The van der Waals surface area contributed by atoms with E-state index in [1.165, 1.54) is 42.2 Å². The standard InChI is InChI=1S/C42H46F4N4O7/c1-7-42(4,5)38(39-47-37(34-18-31(43)13-14-35(34)45)23-48(39)19-29-15-32(44)17-33(16-29)56-25-54-6)50(40(52)26(2)57-27(3)51)21-30-20-49(22-36(30)46)41(53)55-24-28-11-9-8-10-12-28/h7-18,23,26,30,36,38H,1,19-22,24-25H2,2-6H3. The molecule has 0 N–H and O–H groups in total. The molecule has 1 aliphatic heterocycles. The number of benzene rings is 3. The van der Waals surface area contributed by atoms with Gasteiger partial charge in [-0.05, 0) is 48.4 Å². The first-order valence-electron chi connectivity index (χ1n) is 18.2. The average molecular weight is 795 g/mol. The summed E-state index contributed by atoms with van der Waals surface area (Å²) in [6.07, 6.45) is -0.695. The number of alkyl halides is 1. The predicted octanol–water partition coefficient (Wildman–Crippen LogP) is 7.64. The minimum atomic E-state index is -1.60. The molecule has 304 valence electrons. The molecule has 5 rings (SSSR count). The summed E-state index contributed by atoms with van der Waals surface area (Å²) in [4.78, 5) is 47.0. The smallest absolute Gasteiger partial charge is 0.410 e. The zero-order chi connectivity index (χ0) is 41.4. The van der Waals surface area contributed by atoms with E-state index < -0.39 is 65.1 Å². The maximum Gasteiger partial charge on any atom is 0.410 e. The fourth-order valence-electron chi connectivity index (χ4n) is 6.77. The highest BCUT2D eigenvalue weighted by molar-refractivity contribution is 5.83. The van der Waals surface area contributed by atoms with Gasteiger partial charge in [-0.3, -0.25) is 9.59 Å². The van der Waals surface area contributed by atoms with Gasteiger partial charge < -0.3 is 33.3 Å². The van der Waals surface area contributed by atoms with Gasteiger partial charge in [-0.1, -0.05) is 50.3 Å². The van der Waals surface area contributed by atoms with E-state index in [4.69, 9.17) is 23.9 Å². The molecule has 1 saturated heterocycles. The minimum absolute atomic E-state index is 0.0175. The van der Waals surface area contributed by atoms with Crippen LogP contribution in [0.3, 0.4) is 0 Å². The molecule has 1 aliphatic rings. The third-order valence-electron chi connectivity index (χ3n) is 9.66. The van der Waals surface area contributed by atoms with Crippen LogP contribution < -0.4 is 4.74 Å². The van der Waals surface area contributed by atoms with Gasteiger partial charge in [-0.25, -0.2) is 27.3 Å². The maximum absolute atomic E-state index is 16.0. The first kappa shape index (κ1) is 42.4. The highest BCUT2D eigenvalue weighted by atomic mass is 19.1. The lowest BCUT2D eigenvalue weighted by atomic mass is 9.82. The van der Waals surface area contributed by atoms with Gasteiger partial charge in [-0.2, -0.15) is 0 Å². The van der Waals surface area contributed by atoms with Gasteiger partial charge in [-0.15, -0.1) is 6.58 Å². The highest BCUT2D eigenvalue weighted by Gasteiger charge is 2.45. The molecule has 11 nitrogen and oxygen atoms in total. The number of amides is 2. The van der Waals surface area contributed by atoms with Gasteiger partial charge in [0.15, 0.2) is 12.9 Å². The second kappa shape index (κ2) is 18.5. The number of methoxy groups -OCH3 is 1. The number of nitrogens with zero attached hydrogens (tertiary/aromatic N) is 4. The van der Waals surface area contributed by atoms with E-state index in [0.29, 0.717) is 5.56 Å². The van der Waals surface area contributed by atoms with E-state index in [1.807, 2.05) is 6.07 Å². The minimum Gasteiger partial charge on any atom is -0.467 e. The first-order chi connectivity index (χ1) is 27.1. The molecule has 3 aromatic carbocycles. The number of imidazole rings is 1. The summed E-state index contributed by atoms with van der Waals surface area (Å²) >= 11 is 0. The lowest BCUT2D eigenvalue weighted by Gasteiger charge is -2.42. The zero-order valence-electron chi connectivity index (χ0n) is 32.4. The molecule has 15 heteroatoms. The SMILES string of the molecule is C=CC(C)(C)C(c1nc(-c2cc(F)ccc2F)cn1Cc1cc(F)cc(OCOC)c1)N(CC1CN(C(=O)OCc2ccccc2)CC1F)C(=O)C(C)OC(C)=O. The van der Waals surface area contributed by atoms with Crippen molar-refractivity contribution in [3.8, 4) is 17.0 Å². The Morgan fingerprint density at radius 2 is 1.75 bits per heavy atom. The van der Waals surface area contributed by atoms with Crippen LogP contribution >= 0.6 is 0 Å². The van der Waals surface area contributed by atoms with Crippen LogP contribution in [0.4, 0.5) is 22.4 Å². The van der Waals surface area contributed by atoms with E-state index >= 15 is 8.78 Å². The summed E-state index contributed by atoms with van der Waals surface area (Å²) in [6, 6.07) is 14.7. The number of carbonyl (C=O) groups excluding carboxylic acids is 3. The molecule has 2 amide bonds. The van der Waals surface area contributed by atoms with Crippen molar-refractivity contribution in [1.82, 2.24) is 19.4 Å². The zero-order valence-corrected chi connectivity index (χ0v) is 32.4. The molecule has 1 aromatic heterocycles. The van der Waals surface area contributed by atoms with E-state index in [2.05, 4.69) is 6.58 Å². The molecule has 0 spiro atoms. The van der Waals surface area contributed by atoms with E-state index in [0.717, 1.165) is 30.7 Å². The quantitative estimate of drug-likeness (QED) is 0.0493. The molecule has 0 radical (unpaired) electrons. The molecule has 4 unspecified atom stereocenters. The second-order valence-electron chi connectivity index (χ2n) is 14.5. The number of esters is 1. The maximum atomic E-state index is 16.0. The van der Waals surface area contributed by atoms with Crippen molar-refractivity contribution in [1.29, 1.82) is 0 Å². The average Bonchev–Trinajstić information content (AvgIpc) is 3.75. The van der Waals surface area contributed by atoms with Crippen LogP contribution in [0.5, 0.6) is 5.75 Å². The Morgan fingerprint density at radius 3 is 2.44 bits per heavy atom. The van der Waals surface area contributed by atoms with E-state index in [-0.39, 0.29) is 62.4 Å². The number of carbonyl (C=O) groups is 3. The number of hydrogen-bond acceptors (Lipinski definition) is 8. The fraction of sp³-hybridized carbons (Fsp3) is 0.381. The van der Waals surface area contributed by atoms with Crippen LogP contribution in [-0.4, -0.2) is 83.1 Å². The first-order valence-corrected chi connectivity index (χ1v) is 18.2. The predicted molar refractivity (Wildman–Crippen MR) is 202 cm³/mol. The van der Waals surface area contributed by atoms with Crippen LogP contribution in [0.1, 0.15) is 50.7 Å². The number of likely N-dealkylation sites (tertiary alicyclic amines) is 1. The molecule has 0 bridgehead atoms. The normalized spacial score (nSPS) is 16.5. The number of hydrogen-bond donors (Lipinski definition) is 0. The van der Waals surface area contributed by atoms with Crippen LogP contribution in [0.15, 0.2) is 85.6 Å². The van der Waals surface area contributed by atoms with Crippen LogP contribution in [-0.2, 0) is 37.0 Å². The summed E-state index contributed by atoms with van der Waals surface area (Å²) in [6.45, 7) is 8.99. The Morgan fingerprint density at radius 1 is 1.02 bits per heavy atom. The van der Waals surface area contributed by atoms with Gasteiger partial charge in [0.05, 0.1) is 18.3 Å². The lowest BCUT2D eigenvalue weighted by Crippen LogP contribution is -2.50. The van der Waals surface area contributed by atoms with E-state index in [9.17, 15) is 23.2 Å². The molecule has 4 atom stereocenters. The molecular weight excluding hydrogens is 748 g/mol. The fourth-order valence-corrected chi connectivity index (χ4v) is 6.77. The van der Waals surface area contributed by atoms with Crippen molar-refractivity contribution in [2.45, 2.75) is 59.2 Å². The molecule has 1 fully saturated rings. The highest BCUT2D eigenvalue weighted by Crippen LogP contribution is 2.42. The molecule has 57 heavy (non-hydrogen) atoms. The van der Waals surface area contributed by atoms with Crippen LogP contribution in [0.2, 0.25) is 0 Å². The Bertz CT molecular complexity index is 2060. The van der Waals surface area contributed by atoms with Crippen molar-refractivity contribution >= 4 is 18.0 Å². The largest absolute Gasteiger partial charge is 0.467 e. The Hall–Kier alpha value is -5.70. The topological polar surface area (TPSA) is 112 Å². The van der Waals surface area contributed by atoms with Crippen molar-refractivity contribution in [2.75, 3.05) is 33.5 Å². The Kier molecular flexibility index (Phi) is 13.8. The third-order valence-corrected chi connectivity index (χ3v) is 9.66. The van der Waals surface area contributed by atoms with Crippen LogP contribution in [0.25, 0.3) is 11.3 Å². The summed E-state index contributed by atoms with van der Waals surface area (Å²) in [7, 11) is 1.41. The molecule has 4 aromatic rings. The Labute approximate surface area is 328 Å². The summed E-state index contributed by atoms with van der Waals surface area (Å²) in [5.41, 5.74) is -0.189. The monoisotopic (exact) mass is 794 g/mol. The van der Waals surface area contributed by atoms with Crippen molar-refractivity contribution in [3.63, 3.8) is 0 Å². The van der Waals surface area contributed by atoms with Crippen molar-refractivity contribution in [2.24, 2.45) is 11.3 Å².